The van der Waals surface area contributed by atoms with Crippen LogP contribution < -0.4 is 14.5 Å². The van der Waals surface area contributed by atoms with Crippen molar-refractivity contribution in [2.75, 3.05) is 9.80 Å². The van der Waals surface area contributed by atoms with Crippen molar-refractivity contribution in [2.24, 2.45) is 0 Å². The number of benzene rings is 10. The van der Waals surface area contributed by atoms with E-state index in [2.05, 4.69) is 216 Å². The summed E-state index contributed by atoms with van der Waals surface area (Å²) in [5, 5.41) is 1.86. The van der Waals surface area contributed by atoms with Crippen LogP contribution in [0, 0.1) is 0 Å². The van der Waals surface area contributed by atoms with Crippen LogP contribution in [-0.4, -0.2) is 19.9 Å². The Hall–Kier alpha value is -9.63. The Morgan fingerprint density at radius 2 is 0.608 bits per heavy atom. The molecule has 4 heterocycles. The highest BCUT2D eigenvalue weighted by atomic mass is 32.2. The first-order valence-electron chi connectivity index (χ1n) is 24.6. The summed E-state index contributed by atoms with van der Waals surface area (Å²) in [6.45, 7) is 0. The molecule has 0 saturated heterocycles. The van der Waals surface area contributed by atoms with Crippen LogP contribution in [0.15, 0.2) is 265 Å². The van der Waals surface area contributed by atoms with Crippen molar-refractivity contribution in [3.8, 4) is 79.3 Å². The lowest BCUT2D eigenvalue weighted by Crippen LogP contribution is -2.16. The lowest BCUT2D eigenvalue weighted by Gasteiger charge is -2.34. The molecule has 12 aromatic rings. The zero-order valence-electron chi connectivity index (χ0n) is 39.7. The van der Waals surface area contributed by atoms with E-state index in [-0.39, 0.29) is 0 Å². The van der Waals surface area contributed by atoms with E-state index < -0.39 is 0 Å². The Balaban J connectivity index is 1.14. The van der Waals surface area contributed by atoms with Gasteiger partial charge in [-0.05, 0) is 95.7 Å². The SMILES string of the molecule is c1ccc(-c2cc(-c3ccccc3)nc(-c3cc(N4c5ccccc5Sc5ccccc54)cc4c(-c5nc(-c6ccccc6)cc(-c6ccccc6)n5)cc(N5c6ccccc6Oc6ccccc65)cc34)n2)cc1. The molecule has 348 valence electrons. The van der Waals surface area contributed by atoms with Crippen molar-refractivity contribution < 1.29 is 4.74 Å². The fraction of sp³-hybridized carbons (Fsp3) is 0. The van der Waals surface area contributed by atoms with Gasteiger partial charge in [0.1, 0.15) is 0 Å². The molecule has 0 bridgehead atoms. The van der Waals surface area contributed by atoms with Crippen molar-refractivity contribution in [3.63, 3.8) is 0 Å². The molecule has 0 fully saturated rings. The molecular weight excluding hydrogens is 925 g/mol. The normalized spacial score (nSPS) is 12.3. The maximum Gasteiger partial charge on any atom is 0.161 e. The summed E-state index contributed by atoms with van der Waals surface area (Å²) >= 11 is 1.79. The monoisotopic (exact) mass is 966 g/mol. The third kappa shape index (κ3) is 7.73. The molecule has 0 atom stereocenters. The van der Waals surface area contributed by atoms with Crippen LogP contribution in [0.5, 0.6) is 11.5 Å². The molecule has 0 unspecified atom stereocenters. The Kier molecular flexibility index (Phi) is 10.6. The van der Waals surface area contributed by atoms with Gasteiger partial charge in [0.2, 0.25) is 0 Å². The number of fused-ring (bicyclic) bond motifs is 5. The maximum absolute atomic E-state index is 6.61. The van der Waals surface area contributed by atoms with Crippen molar-refractivity contribution in [3.05, 3.63) is 255 Å². The summed E-state index contributed by atoms with van der Waals surface area (Å²) < 4.78 is 6.61. The molecule has 10 aromatic carbocycles. The minimum atomic E-state index is 0.578. The van der Waals surface area contributed by atoms with E-state index in [1.54, 1.807) is 11.8 Å². The summed E-state index contributed by atoms with van der Waals surface area (Å²) in [5.74, 6) is 2.67. The van der Waals surface area contributed by atoms with E-state index in [9.17, 15) is 0 Å². The van der Waals surface area contributed by atoms with Gasteiger partial charge in [-0.25, -0.2) is 19.9 Å². The topological polar surface area (TPSA) is 67.3 Å². The van der Waals surface area contributed by atoms with Crippen molar-refractivity contribution >= 4 is 56.7 Å². The predicted molar refractivity (Wildman–Crippen MR) is 301 cm³/mol. The van der Waals surface area contributed by atoms with Crippen molar-refractivity contribution in [1.29, 1.82) is 0 Å². The van der Waals surface area contributed by atoms with E-state index in [4.69, 9.17) is 24.7 Å². The third-order valence-electron chi connectivity index (χ3n) is 13.6. The lowest BCUT2D eigenvalue weighted by molar-refractivity contribution is 0.477. The first kappa shape index (κ1) is 43.2. The average Bonchev–Trinajstić information content (AvgIpc) is 3.48. The first-order chi connectivity index (χ1) is 36.7. The molecule has 2 aliphatic heterocycles. The van der Waals surface area contributed by atoms with Gasteiger partial charge in [0.05, 0.1) is 45.5 Å². The average molecular weight is 967 g/mol. The second kappa shape index (κ2) is 18.2. The number of hydrogen-bond acceptors (Lipinski definition) is 8. The van der Waals surface area contributed by atoms with E-state index in [0.29, 0.717) is 11.6 Å². The molecule has 0 N–H and O–H groups in total. The Morgan fingerprint density at radius 1 is 0.297 bits per heavy atom. The second-order valence-corrected chi connectivity index (χ2v) is 19.3. The van der Waals surface area contributed by atoms with Crippen LogP contribution in [0.4, 0.5) is 34.1 Å². The Labute approximate surface area is 432 Å². The standard InChI is InChI=1S/C66H42N6OS/c1-5-21-43(22-6-1)53-41-54(44-23-7-2-8-24-44)68-65(67-53)51-39-47(71-57-29-13-17-33-61(57)73-62-34-18-14-30-58(62)71)37-49-50(51)38-48(72-59-31-15-19-35-63(59)74-64-36-20-16-32-60(64)72)40-52(49)66-69-55(45-25-9-3-10-26-45)42-56(70-66)46-27-11-4-12-28-46/h1-42H. The number of anilines is 6. The molecule has 0 radical (unpaired) electrons. The fourth-order valence-electron chi connectivity index (χ4n) is 10.2. The molecule has 7 nitrogen and oxygen atoms in total. The highest BCUT2D eigenvalue weighted by Gasteiger charge is 2.30. The van der Waals surface area contributed by atoms with E-state index in [0.717, 1.165) is 122 Å². The minimum Gasteiger partial charge on any atom is -0.453 e. The molecule has 8 heteroatoms. The molecule has 14 rings (SSSR count). The highest BCUT2D eigenvalue weighted by Crippen LogP contribution is 2.55. The summed E-state index contributed by atoms with van der Waals surface area (Å²) in [4.78, 5) is 29.2. The smallest absolute Gasteiger partial charge is 0.161 e. The van der Waals surface area contributed by atoms with Crippen LogP contribution in [0.25, 0.3) is 78.6 Å². The van der Waals surface area contributed by atoms with Gasteiger partial charge in [-0.15, -0.1) is 0 Å². The maximum atomic E-state index is 6.61. The number of ether oxygens (including phenoxy) is 1. The van der Waals surface area contributed by atoms with E-state index in [1.807, 2.05) is 48.5 Å². The quantitative estimate of drug-likeness (QED) is 0.149. The number of rotatable bonds is 8. The zero-order chi connectivity index (χ0) is 49.0. The highest BCUT2D eigenvalue weighted by molar-refractivity contribution is 7.99. The first-order valence-corrected chi connectivity index (χ1v) is 25.4. The fourth-order valence-corrected chi connectivity index (χ4v) is 11.2. The van der Waals surface area contributed by atoms with Gasteiger partial charge in [0.25, 0.3) is 0 Å². The van der Waals surface area contributed by atoms with Gasteiger partial charge in [0.15, 0.2) is 23.1 Å². The molecule has 0 saturated carbocycles. The third-order valence-corrected chi connectivity index (χ3v) is 14.8. The van der Waals surface area contributed by atoms with Crippen LogP contribution >= 0.6 is 11.8 Å². The molecule has 2 aromatic heterocycles. The molecule has 0 amide bonds. The predicted octanol–water partition coefficient (Wildman–Crippen LogP) is 17.9. The van der Waals surface area contributed by atoms with E-state index >= 15 is 0 Å². The van der Waals surface area contributed by atoms with Crippen molar-refractivity contribution in [1.82, 2.24) is 19.9 Å². The summed E-state index contributed by atoms with van der Waals surface area (Å²) in [6.07, 6.45) is 0. The lowest BCUT2D eigenvalue weighted by atomic mass is 9.94. The largest absolute Gasteiger partial charge is 0.453 e. The van der Waals surface area contributed by atoms with Gasteiger partial charge in [-0.3, -0.25) is 0 Å². The number of aromatic nitrogens is 4. The number of nitrogens with zero attached hydrogens (tertiary/aromatic N) is 6. The minimum absolute atomic E-state index is 0.578. The van der Waals surface area contributed by atoms with Crippen LogP contribution in [0.2, 0.25) is 0 Å². The van der Waals surface area contributed by atoms with Crippen molar-refractivity contribution in [2.45, 2.75) is 9.79 Å². The van der Waals surface area contributed by atoms with Gasteiger partial charge in [0, 0.05) is 54.5 Å². The van der Waals surface area contributed by atoms with Crippen LogP contribution in [-0.2, 0) is 0 Å². The summed E-state index contributed by atoms with van der Waals surface area (Å²) in [6, 6.07) is 88.5. The molecule has 74 heavy (non-hydrogen) atoms. The van der Waals surface area contributed by atoms with Crippen LogP contribution in [0.1, 0.15) is 0 Å². The van der Waals surface area contributed by atoms with Gasteiger partial charge in [-0.1, -0.05) is 182 Å². The summed E-state index contributed by atoms with van der Waals surface area (Å²) in [5.41, 5.74) is 14.7. The van der Waals surface area contributed by atoms with Gasteiger partial charge in [-0.2, -0.15) is 0 Å². The molecule has 0 spiro atoms. The Morgan fingerprint density at radius 3 is 0.986 bits per heavy atom. The second-order valence-electron chi connectivity index (χ2n) is 18.2. The van der Waals surface area contributed by atoms with Crippen LogP contribution in [0.3, 0.4) is 0 Å². The van der Waals surface area contributed by atoms with E-state index in [1.165, 1.54) is 0 Å². The molecule has 0 aliphatic carbocycles. The summed E-state index contributed by atoms with van der Waals surface area (Å²) in [7, 11) is 0. The van der Waals surface area contributed by atoms with Gasteiger partial charge >= 0.3 is 0 Å². The number of para-hydroxylation sites is 6. The molecular formula is C66H42N6OS. The van der Waals surface area contributed by atoms with Gasteiger partial charge < -0.3 is 14.5 Å². The zero-order valence-corrected chi connectivity index (χ0v) is 40.6. The molecule has 2 aliphatic rings. The Bertz CT molecular complexity index is 3630. The number of hydrogen-bond donors (Lipinski definition) is 0.